The average molecular weight is 410 g/mol. The Balaban J connectivity index is 1.67. The summed E-state index contributed by atoms with van der Waals surface area (Å²) in [5.74, 6) is -2.53. The number of hydrogen-bond acceptors (Lipinski definition) is 5. The number of carbonyl (C=O) groups is 1. The predicted molar refractivity (Wildman–Crippen MR) is 113 cm³/mol. The lowest BCUT2D eigenvalue weighted by molar-refractivity contribution is 0.103. The standard InChI is InChI=1S/C21H16F2N4OS/c1-25-12-4-2-3-11(9-12)17-8-6-14-18(24)19(29-21(14)27-17)20(28)26-13-5-7-15(22)16(23)10-13/h2-10,25H,24H2,1H3,(H,26,28). The number of nitrogen functional groups attached to an aromatic ring is 1. The molecule has 4 rings (SSSR count). The smallest absolute Gasteiger partial charge is 0.267 e. The van der Waals surface area contributed by atoms with Gasteiger partial charge in [-0.05, 0) is 36.4 Å². The van der Waals surface area contributed by atoms with E-state index in [1.165, 1.54) is 6.07 Å². The van der Waals surface area contributed by atoms with Crippen molar-refractivity contribution in [3.63, 3.8) is 0 Å². The molecule has 8 heteroatoms. The van der Waals surface area contributed by atoms with Crippen molar-refractivity contribution in [3.05, 3.63) is 71.1 Å². The molecule has 29 heavy (non-hydrogen) atoms. The highest BCUT2D eigenvalue weighted by molar-refractivity contribution is 7.21. The van der Waals surface area contributed by atoms with Crippen LogP contribution < -0.4 is 16.4 Å². The van der Waals surface area contributed by atoms with Crippen LogP contribution in [0.4, 0.5) is 25.8 Å². The molecule has 4 aromatic rings. The maximum Gasteiger partial charge on any atom is 0.267 e. The molecule has 0 bridgehead atoms. The molecule has 5 nitrogen and oxygen atoms in total. The molecule has 0 unspecified atom stereocenters. The molecule has 0 aliphatic heterocycles. The summed E-state index contributed by atoms with van der Waals surface area (Å²) in [4.78, 5) is 18.1. The molecular weight excluding hydrogens is 394 g/mol. The number of carbonyl (C=O) groups excluding carboxylic acids is 1. The first-order chi connectivity index (χ1) is 14.0. The maximum absolute atomic E-state index is 13.4. The summed E-state index contributed by atoms with van der Waals surface area (Å²) >= 11 is 1.15. The van der Waals surface area contributed by atoms with Gasteiger partial charge in [0.15, 0.2) is 11.6 Å². The van der Waals surface area contributed by atoms with E-state index in [9.17, 15) is 13.6 Å². The van der Waals surface area contributed by atoms with Gasteiger partial charge in [-0.2, -0.15) is 0 Å². The summed E-state index contributed by atoms with van der Waals surface area (Å²) in [6.45, 7) is 0. The number of hydrogen-bond donors (Lipinski definition) is 3. The predicted octanol–water partition coefficient (Wildman–Crippen LogP) is 5.12. The Morgan fingerprint density at radius 1 is 1.03 bits per heavy atom. The lowest BCUT2D eigenvalue weighted by Crippen LogP contribution is -2.12. The van der Waals surface area contributed by atoms with Crippen molar-refractivity contribution in [1.29, 1.82) is 0 Å². The number of nitrogens with zero attached hydrogens (tertiary/aromatic N) is 1. The minimum absolute atomic E-state index is 0.142. The van der Waals surface area contributed by atoms with Crippen molar-refractivity contribution in [1.82, 2.24) is 4.98 Å². The molecular formula is C21H16F2N4OS. The van der Waals surface area contributed by atoms with Crippen LogP contribution >= 0.6 is 11.3 Å². The van der Waals surface area contributed by atoms with Gasteiger partial charge in [-0.1, -0.05) is 12.1 Å². The number of pyridine rings is 1. The Labute approximate surface area is 169 Å². The molecule has 0 spiro atoms. The number of halogens is 2. The van der Waals surface area contributed by atoms with Crippen LogP contribution in [-0.4, -0.2) is 17.9 Å². The largest absolute Gasteiger partial charge is 0.397 e. The zero-order valence-electron chi connectivity index (χ0n) is 15.3. The molecule has 0 aliphatic rings. The van der Waals surface area contributed by atoms with Crippen molar-refractivity contribution >= 4 is 44.5 Å². The van der Waals surface area contributed by atoms with E-state index >= 15 is 0 Å². The molecule has 0 atom stereocenters. The lowest BCUT2D eigenvalue weighted by atomic mass is 10.1. The van der Waals surface area contributed by atoms with E-state index in [0.717, 1.165) is 40.4 Å². The number of amides is 1. The van der Waals surface area contributed by atoms with Gasteiger partial charge in [0.1, 0.15) is 9.71 Å². The second-order valence-electron chi connectivity index (χ2n) is 6.31. The first-order valence-corrected chi connectivity index (χ1v) is 9.51. The molecule has 1 amide bonds. The summed E-state index contributed by atoms with van der Waals surface area (Å²) in [6, 6.07) is 14.6. The SMILES string of the molecule is CNc1cccc(-c2ccc3c(N)c(C(=O)Nc4ccc(F)c(F)c4)sc3n2)c1. The zero-order valence-corrected chi connectivity index (χ0v) is 16.1. The molecule has 0 saturated carbocycles. The first kappa shape index (κ1) is 18.8. The Morgan fingerprint density at radius 2 is 1.86 bits per heavy atom. The summed E-state index contributed by atoms with van der Waals surface area (Å²) in [5, 5.41) is 6.29. The molecule has 0 radical (unpaired) electrons. The number of nitrogens with two attached hydrogens (primary N) is 1. The number of aromatic nitrogens is 1. The summed E-state index contributed by atoms with van der Waals surface area (Å²) in [6.07, 6.45) is 0. The van der Waals surface area contributed by atoms with Gasteiger partial charge in [-0.15, -0.1) is 11.3 Å². The second-order valence-corrected chi connectivity index (χ2v) is 7.31. The maximum atomic E-state index is 13.4. The van der Waals surface area contributed by atoms with E-state index in [2.05, 4.69) is 15.6 Å². The van der Waals surface area contributed by atoms with E-state index in [-0.39, 0.29) is 10.6 Å². The van der Waals surface area contributed by atoms with Crippen molar-refractivity contribution in [2.75, 3.05) is 23.4 Å². The van der Waals surface area contributed by atoms with E-state index < -0.39 is 17.5 Å². The molecule has 2 aromatic heterocycles. The van der Waals surface area contributed by atoms with Gasteiger partial charge in [-0.25, -0.2) is 13.8 Å². The Kier molecular flexibility index (Phi) is 4.85. The van der Waals surface area contributed by atoms with Gasteiger partial charge in [0, 0.05) is 35.4 Å². The zero-order chi connectivity index (χ0) is 20.5. The van der Waals surface area contributed by atoms with Gasteiger partial charge in [0.05, 0.1) is 11.4 Å². The highest BCUT2D eigenvalue weighted by atomic mass is 32.1. The van der Waals surface area contributed by atoms with Crippen molar-refractivity contribution in [3.8, 4) is 11.3 Å². The summed E-state index contributed by atoms with van der Waals surface area (Å²) < 4.78 is 26.4. The fourth-order valence-electron chi connectivity index (χ4n) is 2.92. The van der Waals surface area contributed by atoms with E-state index in [1.54, 1.807) is 0 Å². The van der Waals surface area contributed by atoms with E-state index in [1.807, 2.05) is 43.4 Å². The number of anilines is 3. The van der Waals surface area contributed by atoms with Crippen molar-refractivity contribution in [2.24, 2.45) is 0 Å². The molecule has 0 fully saturated rings. The van der Waals surface area contributed by atoms with Crippen LogP contribution in [-0.2, 0) is 0 Å². The Morgan fingerprint density at radius 3 is 2.62 bits per heavy atom. The summed E-state index contributed by atoms with van der Waals surface area (Å²) in [7, 11) is 1.84. The van der Waals surface area contributed by atoms with Gasteiger partial charge < -0.3 is 16.4 Å². The number of benzene rings is 2. The third-order valence-electron chi connectivity index (χ3n) is 4.42. The number of fused-ring (bicyclic) bond motifs is 1. The first-order valence-electron chi connectivity index (χ1n) is 8.70. The highest BCUT2D eigenvalue weighted by Crippen LogP contribution is 2.35. The fraction of sp³-hybridized carbons (Fsp3) is 0.0476. The normalized spacial score (nSPS) is 10.9. The average Bonchev–Trinajstić information content (AvgIpc) is 3.07. The van der Waals surface area contributed by atoms with Gasteiger partial charge >= 0.3 is 0 Å². The Hall–Kier alpha value is -3.52. The second kappa shape index (κ2) is 7.48. The topological polar surface area (TPSA) is 80.0 Å². The van der Waals surface area contributed by atoms with Crippen LogP contribution in [0.15, 0.2) is 54.6 Å². The van der Waals surface area contributed by atoms with Crippen LogP contribution in [0.2, 0.25) is 0 Å². The van der Waals surface area contributed by atoms with Crippen LogP contribution in [0.3, 0.4) is 0 Å². The van der Waals surface area contributed by atoms with Gasteiger partial charge in [-0.3, -0.25) is 4.79 Å². The molecule has 4 N–H and O–H groups in total. The molecule has 0 saturated heterocycles. The van der Waals surface area contributed by atoms with Crippen LogP contribution in [0, 0.1) is 11.6 Å². The Bertz CT molecular complexity index is 1240. The minimum atomic E-state index is -1.04. The number of rotatable bonds is 4. The monoisotopic (exact) mass is 410 g/mol. The van der Waals surface area contributed by atoms with Crippen molar-refractivity contribution < 1.29 is 13.6 Å². The van der Waals surface area contributed by atoms with E-state index in [0.29, 0.717) is 15.9 Å². The van der Waals surface area contributed by atoms with Gasteiger partial charge in [0.2, 0.25) is 0 Å². The minimum Gasteiger partial charge on any atom is -0.397 e. The van der Waals surface area contributed by atoms with Crippen LogP contribution in [0.25, 0.3) is 21.5 Å². The van der Waals surface area contributed by atoms with Crippen LogP contribution in [0.1, 0.15) is 9.67 Å². The molecule has 146 valence electrons. The highest BCUT2D eigenvalue weighted by Gasteiger charge is 2.18. The lowest BCUT2D eigenvalue weighted by Gasteiger charge is -2.05. The van der Waals surface area contributed by atoms with Crippen molar-refractivity contribution in [2.45, 2.75) is 0 Å². The summed E-state index contributed by atoms with van der Waals surface area (Å²) in [5.41, 5.74) is 9.23. The third-order valence-corrected chi connectivity index (χ3v) is 5.54. The number of thiophene rings is 1. The third kappa shape index (κ3) is 3.62. The molecule has 2 heterocycles. The van der Waals surface area contributed by atoms with E-state index in [4.69, 9.17) is 5.73 Å². The quantitative estimate of drug-likeness (QED) is 0.436. The number of nitrogens with one attached hydrogen (secondary N) is 2. The van der Waals surface area contributed by atoms with Crippen LogP contribution in [0.5, 0.6) is 0 Å². The molecule has 0 aliphatic carbocycles. The molecule has 2 aromatic carbocycles. The fourth-order valence-corrected chi connectivity index (χ4v) is 3.91. The van der Waals surface area contributed by atoms with Gasteiger partial charge in [0.25, 0.3) is 5.91 Å².